The first-order chi connectivity index (χ1) is 10.1. The zero-order valence-corrected chi connectivity index (χ0v) is 12.5. The summed E-state index contributed by atoms with van der Waals surface area (Å²) in [6.45, 7) is 3.92. The lowest BCUT2D eigenvalue weighted by atomic mass is 9.99. The van der Waals surface area contributed by atoms with Crippen LogP contribution in [0.2, 0.25) is 0 Å². The van der Waals surface area contributed by atoms with Crippen molar-refractivity contribution in [3.8, 4) is 16.9 Å². The van der Waals surface area contributed by atoms with Crippen LogP contribution in [-0.4, -0.2) is 23.2 Å². The Balaban J connectivity index is 2.52. The largest absolute Gasteiger partial charge is 0.497 e. The number of aromatic carboxylic acids is 1. The van der Waals surface area contributed by atoms with Gasteiger partial charge in [-0.1, -0.05) is 25.5 Å². The SMILES string of the molecule is CCCc1nc(C)c(-c2ccc(OC)cc2)cc1C(=O)O. The van der Waals surface area contributed by atoms with E-state index in [9.17, 15) is 9.90 Å². The summed E-state index contributed by atoms with van der Waals surface area (Å²) in [5.74, 6) is -0.161. The van der Waals surface area contributed by atoms with Gasteiger partial charge in [-0.15, -0.1) is 0 Å². The van der Waals surface area contributed by atoms with Crippen molar-refractivity contribution >= 4 is 5.97 Å². The number of benzene rings is 1. The molecule has 1 aromatic heterocycles. The number of pyridine rings is 1. The van der Waals surface area contributed by atoms with Crippen LogP contribution in [0.3, 0.4) is 0 Å². The lowest BCUT2D eigenvalue weighted by molar-refractivity contribution is 0.0695. The van der Waals surface area contributed by atoms with Gasteiger partial charge < -0.3 is 9.84 Å². The Hall–Kier alpha value is -2.36. The van der Waals surface area contributed by atoms with Crippen LogP contribution >= 0.6 is 0 Å². The van der Waals surface area contributed by atoms with Crippen molar-refractivity contribution < 1.29 is 14.6 Å². The van der Waals surface area contributed by atoms with E-state index in [0.29, 0.717) is 12.1 Å². The van der Waals surface area contributed by atoms with E-state index in [-0.39, 0.29) is 5.56 Å². The molecule has 1 N–H and O–H groups in total. The monoisotopic (exact) mass is 285 g/mol. The second kappa shape index (κ2) is 6.39. The number of aromatic nitrogens is 1. The van der Waals surface area contributed by atoms with Crippen LogP contribution in [0.5, 0.6) is 5.75 Å². The lowest BCUT2D eigenvalue weighted by Crippen LogP contribution is -2.07. The minimum atomic E-state index is -0.930. The standard InChI is InChI=1S/C17H19NO3/c1-4-5-16-15(17(19)20)10-14(11(2)18-16)12-6-8-13(21-3)9-7-12/h6-10H,4-5H2,1-3H3,(H,19,20). The van der Waals surface area contributed by atoms with E-state index < -0.39 is 5.97 Å². The van der Waals surface area contributed by atoms with E-state index in [2.05, 4.69) is 4.98 Å². The summed E-state index contributed by atoms with van der Waals surface area (Å²) >= 11 is 0. The van der Waals surface area contributed by atoms with Gasteiger partial charge in [-0.3, -0.25) is 4.98 Å². The highest BCUT2D eigenvalue weighted by molar-refractivity contribution is 5.91. The molecule has 0 aliphatic heterocycles. The molecule has 4 nitrogen and oxygen atoms in total. The lowest BCUT2D eigenvalue weighted by Gasteiger charge is -2.11. The van der Waals surface area contributed by atoms with E-state index in [4.69, 9.17) is 4.74 Å². The van der Waals surface area contributed by atoms with Gasteiger partial charge in [0.05, 0.1) is 18.4 Å². The summed E-state index contributed by atoms with van der Waals surface area (Å²) in [5.41, 5.74) is 3.56. The average molecular weight is 285 g/mol. The summed E-state index contributed by atoms with van der Waals surface area (Å²) in [7, 11) is 1.61. The van der Waals surface area contributed by atoms with Gasteiger partial charge in [0.2, 0.25) is 0 Å². The summed E-state index contributed by atoms with van der Waals surface area (Å²) in [4.78, 5) is 15.9. The number of ether oxygens (including phenoxy) is 1. The zero-order chi connectivity index (χ0) is 15.4. The van der Waals surface area contributed by atoms with Crippen molar-refractivity contribution in [2.45, 2.75) is 26.7 Å². The highest BCUT2D eigenvalue weighted by Crippen LogP contribution is 2.27. The van der Waals surface area contributed by atoms with Crippen molar-refractivity contribution in [1.29, 1.82) is 0 Å². The van der Waals surface area contributed by atoms with E-state index in [0.717, 1.165) is 29.0 Å². The normalized spacial score (nSPS) is 10.4. The molecule has 110 valence electrons. The Morgan fingerprint density at radius 1 is 1.29 bits per heavy atom. The van der Waals surface area contributed by atoms with E-state index in [1.54, 1.807) is 13.2 Å². The molecule has 0 unspecified atom stereocenters. The molecule has 0 aliphatic rings. The molecule has 0 saturated carbocycles. The van der Waals surface area contributed by atoms with Crippen LogP contribution in [0.1, 0.15) is 35.1 Å². The molecule has 1 heterocycles. The van der Waals surface area contributed by atoms with Gasteiger partial charge >= 0.3 is 5.97 Å². The Morgan fingerprint density at radius 3 is 2.48 bits per heavy atom. The van der Waals surface area contributed by atoms with Crippen LogP contribution in [0, 0.1) is 6.92 Å². The molecule has 2 rings (SSSR count). The molecule has 0 spiro atoms. The molecule has 0 bridgehead atoms. The molecule has 0 atom stereocenters. The predicted octanol–water partition coefficient (Wildman–Crippen LogP) is 3.72. The first-order valence-corrected chi connectivity index (χ1v) is 6.95. The van der Waals surface area contributed by atoms with Gasteiger partial charge in [0.1, 0.15) is 5.75 Å². The van der Waals surface area contributed by atoms with Gasteiger partial charge in [0, 0.05) is 11.3 Å². The van der Waals surface area contributed by atoms with Gasteiger partial charge in [-0.05, 0) is 37.1 Å². The van der Waals surface area contributed by atoms with Crippen molar-refractivity contribution in [3.05, 3.63) is 47.3 Å². The Morgan fingerprint density at radius 2 is 1.95 bits per heavy atom. The number of methoxy groups -OCH3 is 1. The van der Waals surface area contributed by atoms with Crippen LogP contribution in [0.15, 0.2) is 30.3 Å². The fourth-order valence-electron chi connectivity index (χ4n) is 2.33. The Kier molecular flexibility index (Phi) is 4.58. The van der Waals surface area contributed by atoms with E-state index in [1.165, 1.54) is 0 Å². The Bertz CT molecular complexity index is 648. The molecule has 1 aromatic carbocycles. The van der Waals surface area contributed by atoms with Crippen LogP contribution in [-0.2, 0) is 6.42 Å². The third-order valence-electron chi connectivity index (χ3n) is 3.41. The first kappa shape index (κ1) is 15.0. The van der Waals surface area contributed by atoms with Gasteiger partial charge in [-0.25, -0.2) is 4.79 Å². The fourth-order valence-corrected chi connectivity index (χ4v) is 2.33. The average Bonchev–Trinajstić information content (AvgIpc) is 2.47. The number of carboxylic acids is 1. The molecule has 2 aromatic rings. The zero-order valence-electron chi connectivity index (χ0n) is 12.5. The minimum absolute atomic E-state index is 0.285. The van der Waals surface area contributed by atoms with Crippen LogP contribution in [0.4, 0.5) is 0 Å². The third kappa shape index (κ3) is 3.21. The number of hydrogen-bond acceptors (Lipinski definition) is 3. The third-order valence-corrected chi connectivity index (χ3v) is 3.41. The van der Waals surface area contributed by atoms with Gasteiger partial charge in [0.15, 0.2) is 0 Å². The van der Waals surface area contributed by atoms with Gasteiger partial charge in [0.25, 0.3) is 0 Å². The molecule has 0 fully saturated rings. The minimum Gasteiger partial charge on any atom is -0.497 e. The fraction of sp³-hybridized carbons (Fsp3) is 0.294. The maximum atomic E-state index is 11.4. The molecule has 21 heavy (non-hydrogen) atoms. The molecule has 0 saturated heterocycles. The molecule has 0 radical (unpaired) electrons. The summed E-state index contributed by atoms with van der Waals surface area (Å²) in [6.07, 6.45) is 1.54. The van der Waals surface area contributed by atoms with E-state index >= 15 is 0 Å². The topological polar surface area (TPSA) is 59.4 Å². The molecule has 4 heteroatoms. The van der Waals surface area contributed by atoms with Crippen LogP contribution in [0.25, 0.3) is 11.1 Å². The molecule has 0 aliphatic carbocycles. The molecular formula is C17H19NO3. The maximum absolute atomic E-state index is 11.4. The number of rotatable bonds is 5. The highest BCUT2D eigenvalue weighted by atomic mass is 16.5. The van der Waals surface area contributed by atoms with Crippen molar-refractivity contribution in [1.82, 2.24) is 4.98 Å². The summed E-state index contributed by atoms with van der Waals surface area (Å²) < 4.78 is 5.14. The maximum Gasteiger partial charge on any atom is 0.337 e. The Labute approximate surface area is 124 Å². The van der Waals surface area contributed by atoms with Gasteiger partial charge in [-0.2, -0.15) is 0 Å². The number of carboxylic acid groups (broad SMARTS) is 1. The quantitative estimate of drug-likeness (QED) is 0.909. The number of hydrogen-bond donors (Lipinski definition) is 1. The summed E-state index contributed by atoms with van der Waals surface area (Å²) in [5, 5.41) is 9.38. The number of aryl methyl sites for hydroxylation is 2. The number of carbonyl (C=O) groups is 1. The highest BCUT2D eigenvalue weighted by Gasteiger charge is 2.15. The second-order valence-corrected chi connectivity index (χ2v) is 4.90. The predicted molar refractivity (Wildman–Crippen MR) is 81.9 cm³/mol. The first-order valence-electron chi connectivity index (χ1n) is 6.95. The molecular weight excluding hydrogens is 266 g/mol. The number of nitrogens with zero attached hydrogens (tertiary/aromatic N) is 1. The second-order valence-electron chi connectivity index (χ2n) is 4.90. The van der Waals surface area contributed by atoms with E-state index in [1.807, 2.05) is 38.1 Å². The molecule has 0 amide bonds. The van der Waals surface area contributed by atoms with Crippen LogP contribution < -0.4 is 4.74 Å². The van der Waals surface area contributed by atoms with Crippen molar-refractivity contribution in [2.75, 3.05) is 7.11 Å². The van der Waals surface area contributed by atoms with Crippen molar-refractivity contribution in [2.24, 2.45) is 0 Å². The smallest absolute Gasteiger partial charge is 0.337 e. The summed E-state index contributed by atoms with van der Waals surface area (Å²) in [6, 6.07) is 9.25. The van der Waals surface area contributed by atoms with Crippen molar-refractivity contribution in [3.63, 3.8) is 0 Å².